The van der Waals surface area contributed by atoms with E-state index in [1.165, 1.54) is 54.7 Å². The van der Waals surface area contributed by atoms with Crippen molar-refractivity contribution in [1.82, 2.24) is 4.98 Å². The normalized spacial score (nSPS) is 18.0. The molecule has 4 rings (SSSR count). The van der Waals surface area contributed by atoms with Crippen LogP contribution < -0.4 is 4.90 Å². The van der Waals surface area contributed by atoms with Crippen molar-refractivity contribution in [1.29, 1.82) is 0 Å². The molecule has 1 fully saturated rings. The fourth-order valence-electron chi connectivity index (χ4n) is 3.22. The molecule has 0 spiro atoms. The summed E-state index contributed by atoms with van der Waals surface area (Å²) in [6.07, 6.45) is 1.47. The molecule has 1 atom stereocenters. The topological polar surface area (TPSA) is 114 Å². The van der Waals surface area contributed by atoms with Crippen LogP contribution in [0.3, 0.4) is 0 Å². The minimum absolute atomic E-state index is 0.129. The molecule has 0 saturated carbocycles. The zero-order chi connectivity index (χ0) is 21.4. The SMILES string of the molecule is O=C1C(=O)N(c2nccs2)[C@@H](c2ccc(F)cc2)C1=C(O)c1ccc([N+](=O)[O-])cc1. The summed E-state index contributed by atoms with van der Waals surface area (Å²) in [7, 11) is 0. The maximum Gasteiger partial charge on any atom is 0.301 e. The molecule has 0 bridgehead atoms. The summed E-state index contributed by atoms with van der Waals surface area (Å²) in [5.74, 6) is -2.81. The van der Waals surface area contributed by atoms with Crippen molar-refractivity contribution >= 4 is 39.6 Å². The molecular formula is C20H12FN3O5S. The number of halogens is 1. The number of nitro groups is 1. The van der Waals surface area contributed by atoms with Gasteiger partial charge in [-0.2, -0.15) is 0 Å². The Bertz CT molecular complexity index is 1170. The van der Waals surface area contributed by atoms with Gasteiger partial charge in [0.2, 0.25) is 0 Å². The Kier molecular flexibility index (Phi) is 4.84. The number of benzene rings is 2. The number of nitro benzene ring substituents is 1. The number of aliphatic hydroxyl groups excluding tert-OH is 1. The van der Waals surface area contributed by atoms with E-state index in [-0.39, 0.29) is 22.0 Å². The zero-order valence-electron chi connectivity index (χ0n) is 15.1. The van der Waals surface area contributed by atoms with Gasteiger partial charge in [-0.25, -0.2) is 9.37 Å². The number of non-ortho nitro benzene ring substituents is 1. The van der Waals surface area contributed by atoms with Crippen LogP contribution in [0.4, 0.5) is 15.2 Å². The van der Waals surface area contributed by atoms with Crippen molar-refractivity contribution in [3.63, 3.8) is 0 Å². The summed E-state index contributed by atoms with van der Waals surface area (Å²) < 4.78 is 13.4. The highest BCUT2D eigenvalue weighted by molar-refractivity contribution is 7.14. The molecule has 2 heterocycles. The predicted molar refractivity (Wildman–Crippen MR) is 106 cm³/mol. The second-order valence-electron chi connectivity index (χ2n) is 6.34. The Labute approximate surface area is 172 Å². The summed E-state index contributed by atoms with van der Waals surface area (Å²) in [6.45, 7) is 0. The highest BCUT2D eigenvalue weighted by Crippen LogP contribution is 2.42. The third-order valence-corrected chi connectivity index (χ3v) is 5.38. The average Bonchev–Trinajstić information content (AvgIpc) is 3.35. The van der Waals surface area contributed by atoms with Gasteiger partial charge >= 0.3 is 5.91 Å². The van der Waals surface area contributed by atoms with Crippen LogP contribution in [0.25, 0.3) is 5.76 Å². The lowest BCUT2D eigenvalue weighted by Crippen LogP contribution is -2.29. The van der Waals surface area contributed by atoms with Crippen LogP contribution in [0.15, 0.2) is 65.7 Å². The van der Waals surface area contributed by atoms with Gasteiger partial charge in [0.05, 0.1) is 16.5 Å². The third-order valence-electron chi connectivity index (χ3n) is 4.61. The minimum atomic E-state index is -1.04. The summed E-state index contributed by atoms with van der Waals surface area (Å²) in [5, 5.41) is 23.6. The highest BCUT2D eigenvalue weighted by atomic mass is 32.1. The molecule has 0 aliphatic carbocycles. The van der Waals surface area contributed by atoms with Gasteiger partial charge in [-0.3, -0.25) is 24.6 Å². The van der Waals surface area contributed by atoms with Crippen LogP contribution in [0.1, 0.15) is 17.2 Å². The number of rotatable bonds is 4. The molecular weight excluding hydrogens is 413 g/mol. The number of hydrogen-bond acceptors (Lipinski definition) is 7. The van der Waals surface area contributed by atoms with Gasteiger partial charge < -0.3 is 5.11 Å². The van der Waals surface area contributed by atoms with Crippen LogP contribution in [0.2, 0.25) is 0 Å². The molecule has 2 aromatic carbocycles. The van der Waals surface area contributed by atoms with E-state index in [0.717, 1.165) is 16.2 Å². The smallest absolute Gasteiger partial charge is 0.301 e. The van der Waals surface area contributed by atoms with Crippen LogP contribution >= 0.6 is 11.3 Å². The number of aromatic nitrogens is 1. The number of Topliss-reactive ketones (excluding diaryl/α,β-unsaturated/α-hetero) is 1. The largest absolute Gasteiger partial charge is 0.507 e. The number of anilines is 1. The van der Waals surface area contributed by atoms with E-state index in [1.807, 2.05) is 0 Å². The Morgan fingerprint density at radius 1 is 1.13 bits per heavy atom. The van der Waals surface area contributed by atoms with Crippen LogP contribution in [-0.4, -0.2) is 26.7 Å². The first-order valence-electron chi connectivity index (χ1n) is 8.59. The first-order chi connectivity index (χ1) is 14.4. The van der Waals surface area contributed by atoms with Crippen molar-refractivity contribution in [3.8, 4) is 0 Å². The number of ketones is 1. The Morgan fingerprint density at radius 2 is 1.80 bits per heavy atom. The van der Waals surface area contributed by atoms with Gasteiger partial charge in [-0.15, -0.1) is 11.3 Å². The van der Waals surface area contributed by atoms with Crippen molar-refractivity contribution in [2.45, 2.75) is 6.04 Å². The molecule has 1 aliphatic rings. The van der Waals surface area contributed by atoms with E-state index in [1.54, 1.807) is 5.38 Å². The number of amides is 1. The average molecular weight is 425 g/mol. The van der Waals surface area contributed by atoms with E-state index in [4.69, 9.17) is 0 Å². The predicted octanol–water partition coefficient (Wildman–Crippen LogP) is 3.82. The van der Waals surface area contributed by atoms with Gasteiger partial charge in [-0.1, -0.05) is 12.1 Å². The van der Waals surface area contributed by atoms with Gasteiger partial charge in [0, 0.05) is 29.3 Å². The van der Waals surface area contributed by atoms with Gasteiger partial charge in [0.1, 0.15) is 11.6 Å². The molecule has 8 nitrogen and oxygen atoms in total. The molecule has 0 unspecified atom stereocenters. The number of aliphatic hydroxyl groups is 1. The maximum atomic E-state index is 13.4. The summed E-state index contributed by atoms with van der Waals surface area (Å²) >= 11 is 1.13. The molecule has 1 aliphatic heterocycles. The van der Waals surface area contributed by atoms with E-state index in [0.29, 0.717) is 5.56 Å². The molecule has 10 heteroatoms. The molecule has 3 aromatic rings. The van der Waals surface area contributed by atoms with E-state index in [9.17, 15) is 29.2 Å². The fourth-order valence-corrected chi connectivity index (χ4v) is 3.89. The first-order valence-corrected chi connectivity index (χ1v) is 9.47. The van der Waals surface area contributed by atoms with E-state index in [2.05, 4.69) is 4.98 Å². The van der Waals surface area contributed by atoms with Crippen molar-refractivity contribution in [2.75, 3.05) is 4.90 Å². The van der Waals surface area contributed by atoms with Crippen LogP contribution in [0.5, 0.6) is 0 Å². The first kappa shape index (κ1) is 19.4. The molecule has 1 aromatic heterocycles. The number of hydrogen-bond donors (Lipinski definition) is 1. The second-order valence-corrected chi connectivity index (χ2v) is 7.21. The standard InChI is InChI=1S/C20H12FN3O5S/c21-13-5-1-11(2-6-13)16-15(17(25)12-3-7-14(8-4-12)24(28)29)18(26)19(27)23(16)20-22-9-10-30-20/h1-10,16,25H/t16-/m0/s1. The molecule has 150 valence electrons. The van der Waals surface area contributed by atoms with E-state index >= 15 is 0 Å². The van der Waals surface area contributed by atoms with Crippen LogP contribution in [0, 0.1) is 15.9 Å². The lowest BCUT2D eigenvalue weighted by Gasteiger charge is -2.22. The van der Waals surface area contributed by atoms with Crippen molar-refractivity contribution in [2.24, 2.45) is 0 Å². The fraction of sp³-hybridized carbons (Fsp3) is 0.0500. The number of thiazole rings is 1. The molecule has 30 heavy (non-hydrogen) atoms. The third kappa shape index (κ3) is 3.22. The maximum absolute atomic E-state index is 13.4. The lowest BCUT2D eigenvalue weighted by molar-refractivity contribution is -0.384. The monoisotopic (exact) mass is 425 g/mol. The summed E-state index contributed by atoms with van der Waals surface area (Å²) in [4.78, 5) is 41.1. The molecule has 0 radical (unpaired) electrons. The zero-order valence-corrected chi connectivity index (χ0v) is 15.9. The minimum Gasteiger partial charge on any atom is -0.507 e. The van der Waals surface area contributed by atoms with E-state index < -0.39 is 34.2 Å². The summed E-state index contributed by atoms with van der Waals surface area (Å²) in [6, 6.07) is 9.08. The van der Waals surface area contributed by atoms with Crippen molar-refractivity contribution in [3.05, 3.63) is 92.7 Å². The Hall–Kier alpha value is -3.92. The lowest BCUT2D eigenvalue weighted by atomic mass is 9.95. The van der Waals surface area contributed by atoms with Crippen LogP contribution in [-0.2, 0) is 9.59 Å². The molecule has 1 amide bonds. The Balaban J connectivity index is 1.90. The summed E-state index contributed by atoms with van der Waals surface area (Å²) in [5.41, 5.74) is 0.125. The van der Waals surface area contributed by atoms with Gasteiger partial charge in [0.25, 0.3) is 11.5 Å². The second kappa shape index (κ2) is 7.48. The van der Waals surface area contributed by atoms with Crippen molar-refractivity contribution < 1.29 is 24.0 Å². The van der Waals surface area contributed by atoms with Gasteiger partial charge in [-0.05, 0) is 29.8 Å². The number of carbonyl (C=O) groups excluding carboxylic acids is 2. The number of carbonyl (C=O) groups is 2. The molecule has 1 saturated heterocycles. The molecule has 1 N–H and O–H groups in total. The quantitative estimate of drug-likeness (QED) is 0.224. The Morgan fingerprint density at radius 3 is 2.37 bits per heavy atom. The highest BCUT2D eigenvalue weighted by Gasteiger charge is 2.47. The number of nitrogens with zero attached hydrogens (tertiary/aromatic N) is 3. The van der Waals surface area contributed by atoms with Gasteiger partial charge in [0.15, 0.2) is 5.13 Å².